The van der Waals surface area contributed by atoms with E-state index in [0.29, 0.717) is 30.0 Å². The highest BCUT2D eigenvalue weighted by Crippen LogP contribution is 2.40. The van der Waals surface area contributed by atoms with Gasteiger partial charge in [0.05, 0.1) is 6.61 Å². The quantitative estimate of drug-likeness (QED) is 0.787. The Morgan fingerprint density at radius 3 is 2.86 bits per heavy atom. The molecule has 2 aromatic carbocycles. The minimum atomic E-state index is -1.17. The summed E-state index contributed by atoms with van der Waals surface area (Å²) in [6.07, 6.45) is 3.54. The number of benzene rings is 2. The predicted molar refractivity (Wildman–Crippen MR) is 106 cm³/mol. The van der Waals surface area contributed by atoms with Gasteiger partial charge in [0, 0.05) is 17.7 Å². The Morgan fingerprint density at radius 1 is 1.14 bits per heavy atom. The van der Waals surface area contributed by atoms with Crippen molar-refractivity contribution in [2.24, 2.45) is 0 Å². The topological polar surface area (TPSA) is 87.7 Å². The van der Waals surface area contributed by atoms with E-state index < -0.39 is 23.4 Å². The first-order valence-corrected chi connectivity index (χ1v) is 9.85. The SMILES string of the molecule is O=C(CN1C(=O)NC2(CCOc3ccccc32)C1=O)Nc1ccc2c(c1)CCC2. The summed E-state index contributed by atoms with van der Waals surface area (Å²) in [5.41, 5.74) is 2.72. The van der Waals surface area contributed by atoms with Gasteiger partial charge >= 0.3 is 6.03 Å². The summed E-state index contributed by atoms with van der Waals surface area (Å²) in [4.78, 5) is 39.3. The van der Waals surface area contributed by atoms with Crippen LogP contribution < -0.4 is 15.4 Å². The number of carbonyl (C=O) groups is 3. The summed E-state index contributed by atoms with van der Waals surface area (Å²) in [5.74, 6) is -0.233. The molecule has 2 N–H and O–H groups in total. The Hall–Kier alpha value is -3.35. The van der Waals surface area contributed by atoms with Crippen molar-refractivity contribution < 1.29 is 19.1 Å². The van der Waals surface area contributed by atoms with Gasteiger partial charge in [-0.2, -0.15) is 0 Å². The van der Waals surface area contributed by atoms with E-state index in [1.165, 1.54) is 11.1 Å². The van der Waals surface area contributed by atoms with Gasteiger partial charge in [-0.05, 0) is 48.6 Å². The Kier molecular flexibility index (Phi) is 4.04. The van der Waals surface area contributed by atoms with Crippen LogP contribution in [0.25, 0.3) is 0 Å². The summed E-state index contributed by atoms with van der Waals surface area (Å²) in [6, 6.07) is 12.5. The van der Waals surface area contributed by atoms with E-state index in [0.717, 1.165) is 24.2 Å². The second kappa shape index (κ2) is 6.62. The second-order valence-electron chi connectivity index (χ2n) is 7.71. The van der Waals surface area contributed by atoms with Crippen LogP contribution in [0.1, 0.15) is 29.5 Å². The standard InChI is InChI=1S/C22H21N3O4/c26-19(23-16-9-8-14-4-3-5-15(14)12-16)13-25-20(27)22(24-21(25)28)10-11-29-18-7-2-1-6-17(18)22/h1-2,6-9,12H,3-5,10-11,13H2,(H,23,26)(H,24,28). The molecular weight excluding hydrogens is 370 g/mol. The lowest BCUT2D eigenvalue weighted by molar-refractivity contribution is -0.135. The maximum absolute atomic E-state index is 13.2. The fraction of sp³-hybridized carbons (Fsp3) is 0.318. The number of nitrogens with one attached hydrogen (secondary N) is 2. The molecule has 7 nitrogen and oxygen atoms in total. The van der Waals surface area contributed by atoms with Crippen LogP contribution in [0.15, 0.2) is 42.5 Å². The van der Waals surface area contributed by atoms with Crippen LogP contribution in [-0.4, -0.2) is 35.9 Å². The molecule has 5 rings (SSSR count). The third kappa shape index (κ3) is 2.85. The lowest BCUT2D eigenvalue weighted by Crippen LogP contribution is -2.48. The van der Waals surface area contributed by atoms with E-state index in [4.69, 9.17) is 4.74 Å². The fourth-order valence-corrected chi connectivity index (χ4v) is 4.51. The number of hydrogen-bond donors (Lipinski definition) is 2. The fourth-order valence-electron chi connectivity index (χ4n) is 4.51. The molecule has 0 aromatic heterocycles. The first kappa shape index (κ1) is 17.7. The normalized spacial score (nSPS) is 22.1. The van der Waals surface area contributed by atoms with Gasteiger partial charge in [0.1, 0.15) is 12.3 Å². The maximum atomic E-state index is 13.2. The number of para-hydroxylation sites is 1. The second-order valence-corrected chi connectivity index (χ2v) is 7.71. The summed E-state index contributed by atoms with van der Waals surface area (Å²) in [6.45, 7) is -0.00921. The van der Waals surface area contributed by atoms with Crippen LogP contribution in [0, 0.1) is 0 Å². The zero-order valence-electron chi connectivity index (χ0n) is 15.9. The summed E-state index contributed by atoms with van der Waals surface area (Å²) in [5, 5.41) is 5.62. The number of fused-ring (bicyclic) bond motifs is 3. The van der Waals surface area contributed by atoms with Gasteiger partial charge < -0.3 is 15.4 Å². The molecule has 1 unspecified atom stereocenters. The first-order chi connectivity index (χ1) is 14.1. The molecule has 3 aliphatic rings. The molecule has 1 fully saturated rings. The Bertz CT molecular complexity index is 1030. The van der Waals surface area contributed by atoms with Gasteiger partial charge in [-0.25, -0.2) is 4.79 Å². The lowest BCUT2D eigenvalue weighted by atomic mass is 9.84. The molecule has 29 heavy (non-hydrogen) atoms. The predicted octanol–water partition coefficient (Wildman–Crippen LogP) is 2.34. The van der Waals surface area contributed by atoms with Crippen molar-refractivity contribution in [3.8, 4) is 5.75 Å². The smallest absolute Gasteiger partial charge is 0.325 e. The highest BCUT2D eigenvalue weighted by atomic mass is 16.5. The number of nitrogens with zero attached hydrogens (tertiary/aromatic N) is 1. The van der Waals surface area contributed by atoms with E-state index in [1.807, 2.05) is 24.3 Å². The average Bonchev–Trinajstić information content (AvgIpc) is 3.27. The van der Waals surface area contributed by atoms with Crippen molar-refractivity contribution in [3.63, 3.8) is 0 Å². The molecule has 4 amide bonds. The van der Waals surface area contributed by atoms with Crippen molar-refractivity contribution in [1.29, 1.82) is 0 Å². The van der Waals surface area contributed by atoms with E-state index in [-0.39, 0.29) is 6.54 Å². The number of anilines is 1. The van der Waals surface area contributed by atoms with Gasteiger partial charge in [-0.15, -0.1) is 0 Å². The average molecular weight is 391 g/mol. The maximum Gasteiger partial charge on any atom is 0.325 e. The van der Waals surface area contributed by atoms with Gasteiger partial charge in [0.25, 0.3) is 5.91 Å². The van der Waals surface area contributed by atoms with Crippen LogP contribution in [0.2, 0.25) is 0 Å². The van der Waals surface area contributed by atoms with Crippen molar-refractivity contribution >= 4 is 23.5 Å². The molecule has 2 aromatic rings. The zero-order valence-corrected chi connectivity index (χ0v) is 15.9. The third-order valence-corrected chi connectivity index (χ3v) is 5.94. The summed E-state index contributed by atoms with van der Waals surface area (Å²) < 4.78 is 5.62. The first-order valence-electron chi connectivity index (χ1n) is 9.85. The van der Waals surface area contributed by atoms with E-state index in [9.17, 15) is 14.4 Å². The molecule has 7 heteroatoms. The summed E-state index contributed by atoms with van der Waals surface area (Å²) in [7, 11) is 0. The van der Waals surface area contributed by atoms with E-state index in [1.54, 1.807) is 18.2 Å². The Morgan fingerprint density at radius 2 is 1.97 bits per heavy atom. The molecule has 1 atom stereocenters. The molecule has 1 saturated heterocycles. The molecule has 0 saturated carbocycles. The molecule has 1 spiro atoms. The van der Waals surface area contributed by atoms with Crippen molar-refractivity contribution in [1.82, 2.24) is 10.2 Å². The zero-order chi connectivity index (χ0) is 20.0. The molecule has 0 radical (unpaired) electrons. The largest absolute Gasteiger partial charge is 0.493 e. The van der Waals surface area contributed by atoms with Crippen LogP contribution in [0.3, 0.4) is 0 Å². The highest BCUT2D eigenvalue weighted by molar-refractivity contribution is 6.10. The summed E-state index contributed by atoms with van der Waals surface area (Å²) >= 11 is 0. The van der Waals surface area contributed by atoms with Crippen LogP contribution in [-0.2, 0) is 28.0 Å². The monoisotopic (exact) mass is 391 g/mol. The van der Waals surface area contributed by atoms with Crippen molar-refractivity contribution in [2.75, 3.05) is 18.5 Å². The Labute approximate surface area is 168 Å². The number of carbonyl (C=O) groups excluding carboxylic acids is 3. The van der Waals surface area contributed by atoms with Crippen LogP contribution >= 0.6 is 0 Å². The van der Waals surface area contributed by atoms with Crippen molar-refractivity contribution in [3.05, 3.63) is 59.2 Å². The molecule has 148 valence electrons. The van der Waals surface area contributed by atoms with Crippen LogP contribution in [0.5, 0.6) is 5.75 Å². The number of hydrogen-bond acceptors (Lipinski definition) is 4. The van der Waals surface area contributed by atoms with Gasteiger partial charge in [0.15, 0.2) is 5.54 Å². The molecule has 0 bridgehead atoms. The number of urea groups is 1. The minimum absolute atomic E-state index is 0.318. The minimum Gasteiger partial charge on any atom is -0.493 e. The van der Waals surface area contributed by atoms with Gasteiger partial charge in [-0.1, -0.05) is 24.3 Å². The molecule has 1 aliphatic carbocycles. The number of ether oxygens (including phenoxy) is 1. The number of rotatable bonds is 3. The number of imide groups is 1. The van der Waals surface area contributed by atoms with E-state index in [2.05, 4.69) is 10.6 Å². The van der Waals surface area contributed by atoms with Crippen molar-refractivity contribution in [2.45, 2.75) is 31.2 Å². The molecule has 2 aliphatic heterocycles. The highest BCUT2D eigenvalue weighted by Gasteiger charge is 2.55. The molecule has 2 heterocycles. The Balaban J connectivity index is 1.34. The lowest BCUT2D eigenvalue weighted by Gasteiger charge is -2.33. The number of amides is 4. The number of aryl methyl sites for hydroxylation is 2. The van der Waals surface area contributed by atoms with Gasteiger partial charge in [-0.3, -0.25) is 14.5 Å². The third-order valence-electron chi connectivity index (χ3n) is 5.94. The van der Waals surface area contributed by atoms with E-state index >= 15 is 0 Å². The van der Waals surface area contributed by atoms with Crippen LogP contribution in [0.4, 0.5) is 10.5 Å². The van der Waals surface area contributed by atoms with Gasteiger partial charge in [0.2, 0.25) is 5.91 Å². The molecular formula is C22H21N3O4.